The van der Waals surface area contributed by atoms with Crippen LogP contribution in [0.15, 0.2) is 24.4 Å². The van der Waals surface area contributed by atoms with E-state index in [2.05, 4.69) is 9.72 Å². The lowest BCUT2D eigenvalue weighted by atomic mass is 10.2. The van der Waals surface area contributed by atoms with E-state index in [1.165, 1.54) is 12.2 Å². The molecule has 2 rings (SSSR count). The van der Waals surface area contributed by atoms with E-state index in [4.69, 9.17) is 16.4 Å². The third kappa shape index (κ3) is 2.75. The number of pyridine rings is 1. The summed E-state index contributed by atoms with van der Waals surface area (Å²) in [5, 5.41) is 1.91. The van der Waals surface area contributed by atoms with Crippen LogP contribution < -0.4 is 0 Å². The predicted octanol–water partition coefficient (Wildman–Crippen LogP) is 1.50. The Kier molecular flexibility index (Phi) is 3.61. The van der Waals surface area contributed by atoms with Crippen LogP contribution in [-0.4, -0.2) is 36.3 Å². The van der Waals surface area contributed by atoms with Crippen molar-refractivity contribution >= 4 is 23.3 Å². The molecule has 0 amide bonds. The molecule has 5 nitrogen and oxygen atoms in total. The average Bonchev–Trinajstić information content (AvgIpc) is 2.78. The molecule has 6 heteroatoms. The predicted molar refractivity (Wildman–Crippen MR) is 61.9 cm³/mol. The van der Waals surface area contributed by atoms with Crippen LogP contribution in [0.2, 0.25) is 5.15 Å². The third-order valence-corrected chi connectivity index (χ3v) is 2.52. The highest BCUT2D eigenvalue weighted by Crippen LogP contribution is 2.24. The summed E-state index contributed by atoms with van der Waals surface area (Å²) in [5.41, 5.74) is 1.63. The SMILES string of the molecule is COC(=O)CN1OCC=C1c1ccc(Cl)nc1. The molecule has 0 N–H and O–H groups in total. The number of hydrogen-bond acceptors (Lipinski definition) is 5. The quantitative estimate of drug-likeness (QED) is 0.604. The Morgan fingerprint density at radius 3 is 3.12 bits per heavy atom. The number of rotatable bonds is 3. The molecule has 17 heavy (non-hydrogen) atoms. The van der Waals surface area contributed by atoms with Gasteiger partial charge in [-0.05, 0) is 18.2 Å². The molecule has 90 valence electrons. The zero-order valence-electron chi connectivity index (χ0n) is 9.22. The monoisotopic (exact) mass is 254 g/mol. The Bertz CT molecular complexity index is 445. The summed E-state index contributed by atoms with van der Waals surface area (Å²) in [6, 6.07) is 3.51. The van der Waals surface area contributed by atoms with Crippen LogP contribution in [0.3, 0.4) is 0 Å². The Hall–Kier alpha value is -1.59. The van der Waals surface area contributed by atoms with Crippen LogP contribution in [0.5, 0.6) is 0 Å². The summed E-state index contributed by atoms with van der Waals surface area (Å²) in [4.78, 5) is 20.5. The molecule has 1 aliphatic rings. The number of ether oxygens (including phenoxy) is 1. The first kappa shape index (κ1) is 11.9. The van der Waals surface area contributed by atoms with Gasteiger partial charge in [0.2, 0.25) is 0 Å². The fraction of sp³-hybridized carbons (Fsp3) is 0.273. The number of esters is 1. The molecule has 0 aliphatic carbocycles. The second-order valence-electron chi connectivity index (χ2n) is 3.37. The van der Waals surface area contributed by atoms with Crippen LogP contribution in [-0.2, 0) is 14.4 Å². The topological polar surface area (TPSA) is 51.7 Å². The first-order valence-electron chi connectivity index (χ1n) is 5.00. The van der Waals surface area contributed by atoms with Gasteiger partial charge in [-0.3, -0.25) is 9.63 Å². The van der Waals surface area contributed by atoms with Crippen molar-refractivity contribution in [2.24, 2.45) is 0 Å². The highest BCUT2D eigenvalue weighted by molar-refractivity contribution is 6.29. The van der Waals surface area contributed by atoms with Gasteiger partial charge in [0.25, 0.3) is 0 Å². The number of hydroxylamine groups is 2. The molecule has 0 bridgehead atoms. The molecule has 2 heterocycles. The maximum atomic E-state index is 11.2. The number of hydrogen-bond donors (Lipinski definition) is 0. The Balaban J connectivity index is 2.14. The van der Waals surface area contributed by atoms with E-state index in [0.29, 0.717) is 11.8 Å². The standard InChI is InChI=1S/C11H11ClN2O3/c1-16-11(15)7-14-9(4-5-17-14)8-2-3-10(12)13-6-8/h2-4,6H,5,7H2,1H3. The van der Waals surface area contributed by atoms with Gasteiger partial charge in [0.1, 0.15) is 11.7 Å². The average molecular weight is 255 g/mol. The molecule has 0 radical (unpaired) electrons. The lowest BCUT2D eigenvalue weighted by Gasteiger charge is -2.19. The molecular formula is C11H11ClN2O3. The molecule has 0 saturated carbocycles. The van der Waals surface area contributed by atoms with Gasteiger partial charge in [0, 0.05) is 11.8 Å². The maximum Gasteiger partial charge on any atom is 0.327 e. The van der Waals surface area contributed by atoms with Crippen molar-refractivity contribution in [2.45, 2.75) is 0 Å². The van der Waals surface area contributed by atoms with Gasteiger partial charge in [0.15, 0.2) is 0 Å². The molecular weight excluding hydrogens is 244 g/mol. The second kappa shape index (κ2) is 5.16. The van der Waals surface area contributed by atoms with E-state index >= 15 is 0 Å². The third-order valence-electron chi connectivity index (χ3n) is 2.30. The number of aromatic nitrogens is 1. The van der Waals surface area contributed by atoms with Crippen LogP contribution in [0, 0.1) is 0 Å². The van der Waals surface area contributed by atoms with Crippen molar-refractivity contribution in [1.82, 2.24) is 10.0 Å². The normalized spacial score (nSPS) is 14.7. The fourth-order valence-electron chi connectivity index (χ4n) is 1.48. The van der Waals surface area contributed by atoms with E-state index in [-0.39, 0.29) is 12.5 Å². The molecule has 0 unspecified atom stereocenters. The molecule has 1 aliphatic heterocycles. The second-order valence-corrected chi connectivity index (χ2v) is 3.75. The zero-order valence-corrected chi connectivity index (χ0v) is 9.98. The van der Waals surface area contributed by atoms with Crippen molar-refractivity contribution in [2.75, 3.05) is 20.3 Å². The Morgan fingerprint density at radius 2 is 2.47 bits per heavy atom. The minimum atomic E-state index is -0.361. The summed E-state index contributed by atoms with van der Waals surface area (Å²) >= 11 is 5.71. The molecule has 0 saturated heterocycles. The van der Waals surface area contributed by atoms with Crippen LogP contribution in [0.4, 0.5) is 0 Å². The lowest BCUT2D eigenvalue weighted by Crippen LogP contribution is -2.26. The smallest absolute Gasteiger partial charge is 0.327 e. The Morgan fingerprint density at radius 1 is 1.65 bits per heavy atom. The number of halogens is 1. The number of methoxy groups -OCH3 is 1. The van der Waals surface area contributed by atoms with E-state index in [9.17, 15) is 4.79 Å². The number of carbonyl (C=O) groups excluding carboxylic acids is 1. The number of carbonyl (C=O) groups is 1. The minimum Gasteiger partial charge on any atom is -0.468 e. The van der Waals surface area contributed by atoms with E-state index < -0.39 is 0 Å². The summed E-state index contributed by atoms with van der Waals surface area (Å²) < 4.78 is 4.59. The molecule has 0 atom stereocenters. The molecule has 1 aromatic rings. The van der Waals surface area contributed by atoms with Crippen molar-refractivity contribution < 1.29 is 14.4 Å². The van der Waals surface area contributed by atoms with E-state index in [1.54, 1.807) is 12.3 Å². The van der Waals surface area contributed by atoms with Gasteiger partial charge in [-0.15, -0.1) is 0 Å². The first-order valence-corrected chi connectivity index (χ1v) is 5.38. The van der Waals surface area contributed by atoms with Crippen LogP contribution >= 0.6 is 11.6 Å². The van der Waals surface area contributed by atoms with Crippen LogP contribution in [0.1, 0.15) is 5.56 Å². The van der Waals surface area contributed by atoms with Crippen molar-refractivity contribution in [3.63, 3.8) is 0 Å². The maximum absolute atomic E-state index is 11.2. The van der Waals surface area contributed by atoms with Crippen LogP contribution in [0.25, 0.3) is 5.70 Å². The van der Waals surface area contributed by atoms with Gasteiger partial charge < -0.3 is 4.74 Å². The Labute approximate surface area is 104 Å². The number of nitrogens with zero attached hydrogens (tertiary/aromatic N) is 2. The largest absolute Gasteiger partial charge is 0.468 e. The van der Waals surface area contributed by atoms with Crippen molar-refractivity contribution in [3.8, 4) is 0 Å². The fourth-order valence-corrected chi connectivity index (χ4v) is 1.59. The van der Waals surface area contributed by atoms with Gasteiger partial charge in [-0.25, -0.2) is 10.0 Å². The lowest BCUT2D eigenvalue weighted by molar-refractivity contribution is -0.152. The summed E-state index contributed by atoms with van der Waals surface area (Å²) in [6.45, 7) is 0.472. The minimum absolute atomic E-state index is 0.0466. The van der Waals surface area contributed by atoms with Gasteiger partial charge in [-0.1, -0.05) is 11.6 Å². The first-order chi connectivity index (χ1) is 8.20. The van der Waals surface area contributed by atoms with E-state index in [1.807, 2.05) is 12.1 Å². The molecule has 0 fully saturated rings. The molecule has 0 spiro atoms. The van der Waals surface area contributed by atoms with Crippen molar-refractivity contribution in [3.05, 3.63) is 35.1 Å². The highest BCUT2D eigenvalue weighted by Gasteiger charge is 2.21. The summed E-state index contributed by atoms with van der Waals surface area (Å²) in [5.74, 6) is -0.361. The summed E-state index contributed by atoms with van der Waals surface area (Å²) in [7, 11) is 1.34. The highest BCUT2D eigenvalue weighted by atomic mass is 35.5. The zero-order chi connectivity index (χ0) is 12.3. The summed E-state index contributed by atoms with van der Waals surface area (Å²) in [6.07, 6.45) is 3.50. The van der Waals surface area contributed by atoms with Gasteiger partial charge >= 0.3 is 5.97 Å². The molecule has 1 aromatic heterocycles. The van der Waals surface area contributed by atoms with Gasteiger partial charge in [-0.2, -0.15) is 0 Å². The van der Waals surface area contributed by atoms with E-state index in [0.717, 1.165) is 11.3 Å². The van der Waals surface area contributed by atoms with Crippen molar-refractivity contribution in [1.29, 1.82) is 0 Å². The molecule has 0 aromatic carbocycles. The van der Waals surface area contributed by atoms with Gasteiger partial charge in [0.05, 0.1) is 19.4 Å².